The van der Waals surface area contributed by atoms with Crippen LogP contribution >= 0.6 is 11.6 Å². The van der Waals surface area contributed by atoms with Gasteiger partial charge in [0.25, 0.3) is 0 Å². The summed E-state index contributed by atoms with van der Waals surface area (Å²) in [5.74, 6) is 4.16. The minimum absolute atomic E-state index is 0.216. The summed E-state index contributed by atoms with van der Waals surface area (Å²) in [7, 11) is 0. The lowest BCUT2D eigenvalue weighted by Gasteiger charge is -2.36. The van der Waals surface area contributed by atoms with E-state index in [1.807, 2.05) is 61.7 Å². The van der Waals surface area contributed by atoms with Crippen molar-refractivity contribution in [3.63, 3.8) is 0 Å². The standard InChI is InChI=1S/C28H28ClN9O/c1-17-14-19-20(31-17)7-8-22(27(19)29)39-28-33-23(32-24-15-21(35-36-24)18-5-6-18)16-26(34-28)38-12-10-37(11-13-38)25-4-2-3-9-30-25/h2-4,7-9,14-16,18,31H,5-6,10-13H2,1H3,(H2,32,33,34,35,36). The molecule has 1 saturated carbocycles. The molecule has 0 spiro atoms. The number of anilines is 4. The molecule has 2 fully saturated rings. The van der Waals surface area contributed by atoms with Crippen LogP contribution in [0.15, 0.2) is 54.7 Å². The Balaban J connectivity index is 1.17. The van der Waals surface area contributed by atoms with E-state index in [9.17, 15) is 0 Å². The normalized spacial score (nSPS) is 15.6. The molecule has 0 bridgehead atoms. The SMILES string of the molecule is Cc1cc2c(Cl)c(Oc3nc(Nc4cc(C5CC5)[nH]n4)cc(N4CCN(c5ccccn5)CC4)n3)ccc2[nH]1. The summed E-state index contributed by atoms with van der Waals surface area (Å²) in [6, 6.07) is 16.0. The number of hydrogen-bond acceptors (Lipinski definition) is 8. The maximum Gasteiger partial charge on any atom is 0.325 e. The lowest BCUT2D eigenvalue weighted by molar-refractivity contribution is 0.443. The molecule has 3 N–H and O–H groups in total. The molecule has 0 unspecified atom stereocenters. The fraction of sp³-hybridized carbons (Fsp3) is 0.286. The van der Waals surface area contributed by atoms with Gasteiger partial charge in [-0.1, -0.05) is 17.7 Å². The third kappa shape index (κ3) is 4.95. The quantitative estimate of drug-likeness (QED) is 0.238. The number of ether oxygens (including phenoxy) is 1. The molecule has 1 aliphatic carbocycles. The highest BCUT2D eigenvalue weighted by Crippen LogP contribution is 2.40. The summed E-state index contributed by atoms with van der Waals surface area (Å²) in [4.78, 5) is 21.8. The molecule has 7 rings (SSSR count). The number of nitrogens with zero attached hydrogens (tertiary/aromatic N) is 6. The summed E-state index contributed by atoms with van der Waals surface area (Å²) >= 11 is 6.72. The zero-order valence-electron chi connectivity index (χ0n) is 21.5. The highest BCUT2D eigenvalue weighted by Gasteiger charge is 2.26. The molecule has 0 radical (unpaired) electrons. The molecule has 1 aromatic carbocycles. The zero-order chi connectivity index (χ0) is 26.3. The summed E-state index contributed by atoms with van der Waals surface area (Å²) in [6.45, 7) is 5.24. The van der Waals surface area contributed by atoms with E-state index in [0.717, 1.165) is 65.9 Å². The van der Waals surface area contributed by atoms with Gasteiger partial charge in [0, 0.05) is 72.7 Å². The van der Waals surface area contributed by atoms with Gasteiger partial charge in [-0.15, -0.1) is 0 Å². The Morgan fingerprint density at radius 2 is 1.77 bits per heavy atom. The molecule has 4 aromatic heterocycles. The van der Waals surface area contributed by atoms with Gasteiger partial charge in [-0.25, -0.2) is 4.98 Å². The largest absolute Gasteiger partial charge is 0.423 e. The van der Waals surface area contributed by atoms with Gasteiger partial charge in [-0.2, -0.15) is 15.1 Å². The van der Waals surface area contributed by atoms with E-state index in [1.54, 1.807) is 0 Å². The molecular weight excluding hydrogens is 514 g/mol. The van der Waals surface area contributed by atoms with Crippen LogP contribution in [0.2, 0.25) is 5.02 Å². The van der Waals surface area contributed by atoms with Crippen molar-refractivity contribution in [2.24, 2.45) is 0 Å². The fourth-order valence-corrected chi connectivity index (χ4v) is 5.25. The maximum absolute atomic E-state index is 6.72. The molecule has 11 heteroatoms. The predicted octanol–water partition coefficient (Wildman–Crippen LogP) is 5.78. The van der Waals surface area contributed by atoms with E-state index < -0.39 is 0 Å². The van der Waals surface area contributed by atoms with E-state index in [-0.39, 0.29) is 6.01 Å². The van der Waals surface area contributed by atoms with Crippen molar-refractivity contribution in [2.45, 2.75) is 25.7 Å². The van der Waals surface area contributed by atoms with E-state index in [4.69, 9.17) is 21.3 Å². The van der Waals surface area contributed by atoms with Crippen molar-refractivity contribution in [1.29, 1.82) is 0 Å². The van der Waals surface area contributed by atoms with Crippen LogP contribution in [-0.4, -0.2) is 56.3 Å². The Labute approximate surface area is 230 Å². The average molecular weight is 542 g/mol. The van der Waals surface area contributed by atoms with Crippen LogP contribution in [-0.2, 0) is 0 Å². The minimum Gasteiger partial charge on any atom is -0.423 e. The first-order chi connectivity index (χ1) is 19.1. The minimum atomic E-state index is 0.216. The second kappa shape index (κ2) is 9.77. The Morgan fingerprint density at radius 1 is 0.949 bits per heavy atom. The molecule has 198 valence electrons. The van der Waals surface area contributed by atoms with Gasteiger partial charge in [-0.05, 0) is 50.1 Å². The summed E-state index contributed by atoms with van der Waals surface area (Å²) < 4.78 is 6.20. The predicted molar refractivity (Wildman–Crippen MR) is 153 cm³/mol. The van der Waals surface area contributed by atoms with E-state index >= 15 is 0 Å². The second-order valence-corrected chi connectivity index (χ2v) is 10.4. The molecule has 0 amide bonds. The number of aromatic amines is 2. The van der Waals surface area contributed by atoms with Gasteiger partial charge in [0.15, 0.2) is 5.82 Å². The Morgan fingerprint density at radius 3 is 2.54 bits per heavy atom. The maximum atomic E-state index is 6.72. The molecule has 5 heterocycles. The molecule has 1 saturated heterocycles. The molecule has 39 heavy (non-hydrogen) atoms. The van der Waals surface area contributed by atoms with Gasteiger partial charge in [-0.3, -0.25) is 5.10 Å². The monoisotopic (exact) mass is 541 g/mol. The number of hydrogen-bond donors (Lipinski definition) is 3. The van der Waals surface area contributed by atoms with Gasteiger partial charge in [0.1, 0.15) is 23.2 Å². The van der Waals surface area contributed by atoms with Crippen molar-refractivity contribution >= 4 is 45.8 Å². The Bertz CT molecular complexity index is 1620. The highest BCUT2D eigenvalue weighted by atomic mass is 35.5. The van der Waals surface area contributed by atoms with E-state index in [2.05, 4.69) is 40.3 Å². The van der Waals surface area contributed by atoms with Crippen LogP contribution in [0.25, 0.3) is 10.9 Å². The van der Waals surface area contributed by atoms with Crippen LogP contribution in [0.4, 0.5) is 23.3 Å². The van der Waals surface area contributed by atoms with E-state index in [0.29, 0.717) is 22.5 Å². The van der Waals surface area contributed by atoms with Crippen LogP contribution < -0.4 is 19.9 Å². The average Bonchev–Trinajstić information content (AvgIpc) is 3.58. The van der Waals surface area contributed by atoms with Gasteiger partial charge in [0.2, 0.25) is 0 Å². The van der Waals surface area contributed by atoms with Gasteiger partial charge in [0.05, 0.1) is 5.02 Å². The molecule has 1 aliphatic heterocycles. The molecule has 0 atom stereocenters. The number of benzene rings is 1. The summed E-state index contributed by atoms with van der Waals surface area (Å²) in [5.41, 5.74) is 3.14. The summed E-state index contributed by atoms with van der Waals surface area (Å²) in [5, 5.41) is 12.3. The Hall–Kier alpha value is -4.31. The van der Waals surface area contributed by atoms with Crippen molar-refractivity contribution in [1.82, 2.24) is 30.1 Å². The highest BCUT2D eigenvalue weighted by molar-refractivity contribution is 6.37. The molecular formula is C28H28ClN9O. The second-order valence-electron chi connectivity index (χ2n) is 10.1. The lowest BCUT2D eigenvalue weighted by atomic mass is 10.2. The van der Waals surface area contributed by atoms with Crippen LogP contribution in [0.1, 0.15) is 30.1 Å². The number of halogens is 1. The van der Waals surface area contributed by atoms with Crippen molar-refractivity contribution in [3.8, 4) is 11.8 Å². The first-order valence-electron chi connectivity index (χ1n) is 13.2. The first kappa shape index (κ1) is 23.8. The van der Waals surface area contributed by atoms with E-state index in [1.165, 1.54) is 12.8 Å². The number of H-pyrrole nitrogens is 2. The van der Waals surface area contributed by atoms with Crippen LogP contribution in [0, 0.1) is 6.92 Å². The lowest BCUT2D eigenvalue weighted by Crippen LogP contribution is -2.47. The number of pyridine rings is 1. The number of aryl methyl sites for hydroxylation is 1. The van der Waals surface area contributed by atoms with Crippen LogP contribution in [0.5, 0.6) is 11.8 Å². The Kier molecular flexibility index (Phi) is 5.96. The number of rotatable bonds is 7. The topological polar surface area (TPSA) is 111 Å². The van der Waals surface area contributed by atoms with Crippen LogP contribution in [0.3, 0.4) is 0 Å². The molecule has 2 aliphatic rings. The smallest absolute Gasteiger partial charge is 0.325 e. The molecule has 5 aromatic rings. The number of piperazine rings is 1. The van der Waals surface area contributed by atoms with Gasteiger partial charge >= 0.3 is 6.01 Å². The van der Waals surface area contributed by atoms with Gasteiger partial charge < -0.3 is 24.8 Å². The number of nitrogens with one attached hydrogen (secondary N) is 3. The molecule has 10 nitrogen and oxygen atoms in total. The fourth-order valence-electron chi connectivity index (χ4n) is 4.99. The van der Waals surface area contributed by atoms with Crippen molar-refractivity contribution in [3.05, 3.63) is 71.1 Å². The first-order valence-corrected chi connectivity index (χ1v) is 13.5. The third-order valence-electron chi connectivity index (χ3n) is 7.18. The van der Waals surface area contributed by atoms with Crippen molar-refractivity contribution in [2.75, 3.05) is 41.3 Å². The number of fused-ring (bicyclic) bond motifs is 1. The van der Waals surface area contributed by atoms with Crippen molar-refractivity contribution < 1.29 is 4.74 Å². The third-order valence-corrected chi connectivity index (χ3v) is 7.57. The summed E-state index contributed by atoms with van der Waals surface area (Å²) in [6.07, 6.45) is 4.23. The zero-order valence-corrected chi connectivity index (χ0v) is 22.2. The number of aromatic nitrogens is 6.